The van der Waals surface area contributed by atoms with Crippen molar-refractivity contribution in [1.29, 1.82) is 0 Å². The summed E-state index contributed by atoms with van der Waals surface area (Å²) in [7, 11) is 0. The second-order valence-electron chi connectivity index (χ2n) is 11.2. The van der Waals surface area contributed by atoms with Crippen LogP contribution in [0.4, 0.5) is 0 Å². The highest BCUT2D eigenvalue weighted by Crippen LogP contribution is 2.56. The second kappa shape index (κ2) is 6.54. The third kappa shape index (κ3) is 3.08. The van der Waals surface area contributed by atoms with Gasteiger partial charge in [0.05, 0.1) is 11.3 Å². The molecule has 1 heterocycles. The molecule has 3 heteroatoms. The van der Waals surface area contributed by atoms with Crippen LogP contribution in [0.5, 0.6) is 0 Å². The van der Waals surface area contributed by atoms with Crippen LogP contribution >= 0.6 is 0 Å². The number of hydrogen-bond donors (Lipinski definition) is 1. The number of aliphatic hydroxyl groups is 1. The van der Waals surface area contributed by atoms with Crippen LogP contribution in [0.1, 0.15) is 99.7 Å². The van der Waals surface area contributed by atoms with Gasteiger partial charge in [0.25, 0.3) is 0 Å². The van der Waals surface area contributed by atoms with Gasteiger partial charge < -0.3 is 5.11 Å². The minimum absolute atomic E-state index is 0.0172. The molecule has 1 aromatic carbocycles. The van der Waals surface area contributed by atoms with E-state index >= 15 is 0 Å². The van der Waals surface area contributed by atoms with Gasteiger partial charge in [0, 0.05) is 30.0 Å². The highest BCUT2D eigenvalue weighted by atomic mass is 16.3. The van der Waals surface area contributed by atoms with Gasteiger partial charge in [-0.3, -0.25) is 9.78 Å². The third-order valence-corrected chi connectivity index (χ3v) is 8.16. The van der Waals surface area contributed by atoms with Crippen molar-refractivity contribution in [3.8, 4) is 0 Å². The lowest BCUT2D eigenvalue weighted by Crippen LogP contribution is -2.34. The number of hydrogen-bond acceptors (Lipinski definition) is 3. The van der Waals surface area contributed by atoms with Crippen LogP contribution in [0, 0.1) is 6.92 Å². The predicted molar refractivity (Wildman–Crippen MR) is 125 cm³/mol. The van der Waals surface area contributed by atoms with Crippen molar-refractivity contribution in [3.63, 3.8) is 0 Å². The summed E-state index contributed by atoms with van der Waals surface area (Å²) in [5.41, 5.74) is 8.44. The molecule has 1 fully saturated rings. The van der Waals surface area contributed by atoms with Crippen molar-refractivity contribution < 1.29 is 9.90 Å². The summed E-state index contributed by atoms with van der Waals surface area (Å²) >= 11 is 0. The van der Waals surface area contributed by atoms with E-state index in [-0.39, 0.29) is 27.8 Å². The van der Waals surface area contributed by atoms with Gasteiger partial charge >= 0.3 is 0 Å². The first-order valence-electron chi connectivity index (χ1n) is 11.6. The van der Waals surface area contributed by atoms with Crippen molar-refractivity contribution in [2.75, 3.05) is 0 Å². The van der Waals surface area contributed by atoms with Crippen LogP contribution in [0.25, 0.3) is 5.57 Å². The normalized spacial score (nSPS) is 23.1. The molecule has 162 valence electrons. The first-order valence-corrected chi connectivity index (χ1v) is 11.6. The molecule has 0 bridgehead atoms. The Morgan fingerprint density at radius 2 is 1.52 bits per heavy atom. The first-order chi connectivity index (χ1) is 14.6. The van der Waals surface area contributed by atoms with Crippen molar-refractivity contribution in [2.24, 2.45) is 0 Å². The molecule has 3 aliphatic rings. The van der Waals surface area contributed by atoms with Gasteiger partial charge in [0.2, 0.25) is 0 Å². The van der Waals surface area contributed by atoms with Gasteiger partial charge in [-0.05, 0) is 71.8 Å². The van der Waals surface area contributed by atoms with E-state index in [9.17, 15) is 9.90 Å². The number of nitrogens with zero attached hydrogens (tertiary/aromatic N) is 1. The van der Waals surface area contributed by atoms with E-state index in [1.807, 2.05) is 6.07 Å². The Bertz CT molecular complexity index is 1110. The van der Waals surface area contributed by atoms with Crippen molar-refractivity contribution in [2.45, 2.75) is 89.4 Å². The quantitative estimate of drug-likeness (QED) is 0.626. The monoisotopic (exact) mass is 415 g/mol. The van der Waals surface area contributed by atoms with Crippen LogP contribution in [0.2, 0.25) is 0 Å². The first kappa shape index (κ1) is 20.5. The average molecular weight is 416 g/mol. The molecule has 31 heavy (non-hydrogen) atoms. The van der Waals surface area contributed by atoms with Crippen LogP contribution in [-0.4, -0.2) is 15.9 Å². The number of allylic oxidation sites excluding steroid dienone is 2. The Morgan fingerprint density at radius 3 is 2.03 bits per heavy atom. The summed E-state index contributed by atoms with van der Waals surface area (Å²) in [6.07, 6.45) is 7.27. The number of aryl methyl sites for hydroxylation is 1. The number of aromatic nitrogens is 1. The molecule has 3 nitrogen and oxygen atoms in total. The zero-order chi connectivity index (χ0) is 22.2. The standard InChI is InChI=1S/C28H33NO2/c1-17-14-20-21(27(4,5)11-10-26(20,2)3)15-19(17)28(12-13-28)24-9-6-18(16-29-24)25-22(30)7-8-23(25)31/h6,9,14-16,30H,7-8,10-13H2,1-5H3. The summed E-state index contributed by atoms with van der Waals surface area (Å²) < 4.78 is 0. The Morgan fingerprint density at radius 1 is 0.871 bits per heavy atom. The van der Waals surface area contributed by atoms with Crippen molar-refractivity contribution >= 4 is 11.4 Å². The topological polar surface area (TPSA) is 50.2 Å². The predicted octanol–water partition coefficient (Wildman–Crippen LogP) is 6.45. The molecule has 0 amide bonds. The van der Waals surface area contributed by atoms with Crippen LogP contribution in [0.3, 0.4) is 0 Å². The van der Waals surface area contributed by atoms with Crippen LogP contribution in [-0.2, 0) is 21.0 Å². The van der Waals surface area contributed by atoms with Gasteiger partial charge in [0.1, 0.15) is 5.76 Å². The molecule has 2 aromatic rings. The second-order valence-corrected chi connectivity index (χ2v) is 11.2. The number of pyridine rings is 1. The number of ketones is 1. The summed E-state index contributed by atoms with van der Waals surface area (Å²) in [5.74, 6) is 0.222. The highest BCUT2D eigenvalue weighted by Gasteiger charge is 2.49. The fourth-order valence-electron chi connectivity index (χ4n) is 5.82. The number of carbonyl (C=O) groups excluding carboxylic acids is 1. The van der Waals surface area contributed by atoms with E-state index in [0.29, 0.717) is 18.4 Å². The fraction of sp³-hybridized carbons (Fsp3) is 0.500. The summed E-state index contributed by atoms with van der Waals surface area (Å²) in [6.45, 7) is 11.8. The maximum absolute atomic E-state index is 12.1. The summed E-state index contributed by atoms with van der Waals surface area (Å²) in [5, 5.41) is 10.1. The lowest BCUT2D eigenvalue weighted by Gasteiger charge is -2.43. The number of aliphatic hydroxyl groups excluding tert-OH is 1. The molecule has 3 aliphatic carbocycles. The Balaban J connectivity index is 1.57. The van der Waals surface area contributed by atoms with E-state index in [0.717, 1.165) is 24.1 Å². The van der Waals surface area contributed by atoms with Gasteiger partial charge in [-0.2, -0.15) is 0 Å². The number of Topliss-reactive ketones (excluding diaryl/α,β-unsaturated/α-hetero) is 1. The largest absolute Gasteiger partial charge is 0.512 e. The van der Waals surface area contributed by atoms with Gasteiger partial charge in [-0.15, -0.1) is 0 Å². The molecular weight excluding hydrogens is 382 g/mol. The maximum atomic E-state index is 12.1. The third-order valence-electron chi connectivity index (χ3n) is 8.16. The molecule has 1 aromatic heterocycles. The van der Waals surface area contributed by atoms with E-state index in [2.05, 4.69) is 52.8 Å². The zero-order valence-corrected chi connectivity index (χ0v) is 19.4. The van der Waals surface area contributed by atoms with Crippen LogP contribution in [0.15, 0.2) is 36.2 Å². The molecule has 1 saturated carbocycles. The lowest BCUT2D eigenvalue weighted by atomic mass is 9.62. The van der Waals surface area contributed by atoms with Crippen molar-refractivity contribution in [1.82, 2.24) is 4.98 Å². The smallest absolute Gasteiger partial charge is 0.167 e. The SMILES string of the molecule is Cc1cc2c(cc1C1(c3ccc(C4=C(O)CCC4=O)cn3)CC1)C(C)(C)CCC2(C)C. The minimum Gasteiger partial charge on any atom is -0.512 e. The molecule has 0 spiro atoms. The van der Waals surface area contributed by atoms with Crippen molar-refractivity contribution in [3.05, 3.63) is 69.7 Å². The van der Waals surface area contributed by atoms with Gasteiger partial charge in [0.15, 0.2) is 5.78 Å². The molecule has 0 radical (unpaired) electrons. The zero-order valence-electron chi connectivity index (χ0n) is 19.4. The van der Waals surface area contributed by atoms with Gasteiger partial charge in [-0.1, -0.05) is 45.9 Å². The molecular formula is C28H33NO2. The highest BCUT2D eigenvalue weighted by molar-refractivity contribution is 6.23. The summed E-state index contributed by atoms with van der Waals surface area (Å²) in [6, 6.07) is 8.98. The molecule has 0 saturated heterocycles. The Hall–Kier alpha value is -2.42. The van der Waals surface area contributed by atoms with E-state index in [1.54, 1.807) is 6.20 Å². The van der Waals surface area contributed by atoms with E-state index < -0.39 is 0 Å². The number of fused-ring (bicyclic) bond motifs is 1. The number of rotatable bonds is 3. The minimum atomic E-state index is -0.0224. The molecule has 0 atom stereocenters. The lowest BCUT2D eigenvalue weighted by molar-refractivity contribution is -0.113. The van der Waals surface area contributed by atoms with E-state index in [4.69, 9.17) is 4.98 Å². The fourth-order valence-corrected chi connectivity index (χ4v) is 5.82. The molecule has 5 rings (SSSR count). The summed E-state index contributed by atoms with van der Waals surface area (Å²) in [4.78, 5) is 17.0. The average Bonchev–Trinajstić information content (AvgIpc) is 3.45. The maximum Gasteiger partial charge on any atom is 0.167 e. The molecule has 0 unspecified atom stereocenters. The number of carbonyl (C=O) groups is 1. The molecule has 0 aliphatic heterocycles. The Kier molecular flexibility index (Phi) is 4.32. The number of benzene rings is 1. The van der Waals surface area contributed by atoms with E-state index in [1.165, 1.54) is 35.1 Å². The Labute approximate surface area is 185 Å². The van der Waals surface area contributed by atoms with Crippen LogP contribution < -0.4 is 0 Å². The molecule has 1 N–H and O–H groups in total. The van der Waals surface area contributed by atoms with Gasteiger partial charge in [-0.25, -0.2) is 0 Å².